The van der Waals surface area contributed by atoms with Gasteiger partial charge in [0.1, 0.15) is 5.75 Å². The number of hydrogen-bond donors (Lipinski definition) is 2. The first-order valence-corrected chi connectivity index (χ1v) is 8.15. The van der Waals surface area contributed by atoms with Crippen LogP contribution in [0.4, 0.5) is 0 Å². The number of ether oxygens (including phenoxy) is 1. The summed E-state index contributed by atoms with van der Waals surface area (Å²) < 4.78 is 5.64. The highest BCUT2D eigenvalue weighted by Gasteiger charge is 2.21. The standard InChI is InChI=1S/C18H16Cl2O5/c1-9-13(17(21)22)8-15(10(2)16(9)18(23)24)25-6-5-11-3-4-12(19)7-14(11)20/h3-4,7-8H,5-6H2,1-2H3,(H,21,22)(H,23,24). The molecule has 0 unspecified atom stereocenters. The molecule has 0 aliphatic rings. The maximum Gasteiger partial charge on any atom is 0.336 e. The van der Waals surface area contributed by atoms with Crippen molar-refractivity contribution in [2.45, 2.75) is 20.3 Å². The molecule has 0 amide bonds. The zero-order valence-corrected chi connectivity index (χ0v) is 15.1. The van der Waals surface area contributed by atoms with Crippen LogP contribution in [0, 0.1) is 13.8 Å². The summed E-state index contributed by atoms with van der Waals surface area (Å²) in [6.45, 7) is 3.27. The summed E-state index contributed by atoms with van der Waals surface area (Å²) in [5, 5.41) is 19.7. The molecule has 2 aromatic rings. The van der Waals surface area contributed by atoms with Crippen LogP contribution in [-0.4, -0.2) is 28.8 Å². The number of hydrogen-bond acceptors (Lipinski definition) is 3. The average molecular weight is 383 g/mol. The van der Waals surface area contributed by atoms with Crippen LogP contribution in [0.1, 0.15) is 37.4 Å². The third-order valence-corrected chi connectivity index (χ3v) is 4.47. The molecular weight excluding hydrogens is 367 g/mol. The number of halogens is 2. The summed E-state index contributed by atoms with van der Waals surface area (Å²) in [7, 11) is 0. The predicted octanol–water partition coefficient (Wildman–Crippen LogP) is 4.63. The van der Waals surface area contributed by atoms with Crippen molar-refractivity contribution in [3.05, 3.63) is 62.1 Å². The molecule has 25 heavy (non-hydrogen) atoms. The highest BCUT2D eigenvalue weighted by molar-refractivity contribution is 6.35. The topological polar surface area (TPSA) is 83.8 Å². The molecule has 7 heteroatoms. The van der Waals surface area contributed by atoms with E-state index in [1.807, 2.05) is 0 Å². The number of carboxylic acids is 2. The molecule has 2 aromatic carbocycles. The van der Waals surface area contributed by atoms with E-state index in [0.29, 0.717) is 22.0 Å². The molecule has 0 aliphatic heterocycles. The second kappa shape index (κ2) is 7.76. The zero-order chi connectivity index (χ0) is 18.7. The van der Waals surface area contributed by atoms with Crippen molar-refractivity contribution in [1.29, 1.82) is 0 Å². The molecule has 0 heterocycles. The van der Waals surface area contributed by atoms with Crippen LogP contribution in [0.25, 0.3) is 0 Å². The molecule has 0 bridgehead atoms. The molecule has 2 N–H and O–H groups in total. The summed E-state index contributed by atoms with van der Waals surface area (Å²) >= 11 is 12.0. The van der Waals surface area contributed by atoms with Gasteiger partial charge in [-0.15, -0.1) is 0 Å². The highest BCUT2D eigenvalue weighted by atomic mass is 35.5. The maximum atomic E-state index is 11.5. The third-order valence-electron chi connectivity index (χ3n) is 3.89. The lowest BCUT2D eigenvalue weighted by Crippen LogP contribution is -2.12. The van der Waals surface area contributed by atoms with Gasteiger partial charge in [-0.25, -0.2) is 9.59 Å². The lowest BCUT2D eigenvalue weighted by atomic mass is 9.96. The van der Waals surface area contributed by atoms with Crippen LogP contribution >= 0.6 is 23.2 Å². The van der Waals surface area contributed by atoms with E-state index in [-0.39, 0.29) is 29.0 Å². The molecule has 2 rings (SSSR count). The first-order valence-electron chi connectivity index (χ1n) is 7.40. The molecule has 0 saturated carbocycles. The zero-order valence-electron chi connectivity index (χ0n) is 13.6. The van der Waals surface area contributed by atoms with E-state index in [1.165, 1.54) is 13.0 Å². The van der Waals surface area contributed by atoms with Gasteiger partial charge in [-0.1, -0.05) is 29.3 Å². The molecular formula is C18H16Cl2O5. The Balaban J connectivity index is 2.27. The number of benzene rings is 2. The minimum absolute atomic E-state index is 0.0561. The molecule has 0 aromatic heterocycles. The van der Waals surface area contributed by atoms with Gasteiger partial charge >= 0.3 is 11.9 Å². The predicted molar refractivity (Wildman–Crippen MR) is 95.5 cm³/mol. The number of aromatic carboxylic acids is 2. The van der Waals surface area contributed by atoms with Gasteiger partial charge in [-0.3, -0.25) is 0 Å². The Bertz CT molecular complexity index is 846. The summed E-state index contributed by atoms with van der Waals surface area (Å²) in [6, 6.07) is 6.47. The van der Waals surface area contributed by atoms with Gasteiger partial charge in [-0.05, 0) is 43.2 Å². The molecule has 5 nitrogen and oxygen atoms in total. The van der Waals surface area contributed by atoms with Crippen LogP contribution in [-0.2, 0) is 6.42 Å². The fraction of sp³-hybridized carbons (Fsp3) is 0.222. The van der Waals surface area contributed by atoms with Crippen LogP contribution in [0.2, 0.25) is 10.0 Å². The highest BCUT2D eigenvalue weighted by Crippen LogP contribution is 2.29. The summed E-state index contributed by atoms with van der Waals surface area (Å²) in [4.78, 5) is 22.8. The monoisotopic (exact) mass is 382 g/mol. The Morgan fingerprint density at radius 2 is 1.72 bits per heavy atom. The van der Waals surface area contributed by atoms with E-state index in [0.717, 1.165) is 5.56 Å². The van der Waals surface area contributed by atoms with Crippen LogP contribution in [0.5, 0.6) is 5.75 Å². The Kier molecular flexibility index (Phi) is 5.93. The Labute approximate surface area is 154 Å². The Morgan fingerprint density at radius 1 is 1.04 bits per heavy atom. The van der Waals surface area contributed by atoms with E-state index in [4.69, 9.17) is 27.9 Å². The quantitative estimate of drug-likeness (QED) is 0.760. The van der Waals surface area contributed by atoms with Crippen molar-refractivity contribution in [2.24, 2.45) is 0 Å². The van der Waals surface area contributed by atoms with E-state index in [1.54, 1.807) is 25.1 Å². The minimum Gasteiger partial charge on any atom is -0.493 e. The Morgan fingerprint density at radius 3 is 2.28 bits per heavy atom. The van der Waals surface area contributed by atoms with Gasteiger partial charge < -0.3 is 14.9 Å². The van der Waals surface area contributed by atoms with Crippen LogP contribution in [0.15, 0.2) is 24.3 Å². The van der Waals surface area contributed by atoms with E-state index < -0.39 is 11.9 Å². The minimum atomic E-state index is -1.20. The average Bonchev–Trinajstić information content (AvgIpc) is 2.50. The van der Waals surface area contributed by atoms with E-state index >= 15 is 0 Å². The summed E-state index contributed by atoms with van der Waals surface area (Å²) in [6.07, 6.45) is 0.466. The SMILES string of the molecule is Cc1c(OCCc2ccc(Cl)cc2Cl)cc(C(=O)O)c(C)c1C(=O)O. The second-order valence-corrected chi connectivity index (χ2v) is 6.34. The van der Waals surface area contributed by atoms with Crippen molar-refractivity contribution >= 4 is 35.1 Å². The van der Waals surface area contributed by atoms with Gasteiger partial charge in [0.05, 0.1) is 17.7 Å². The third kappa shape index (κ3) is 4.24. The van der Waals surface area contributed by atoms with Crippen molar-refractivity contribution in [1.82, 2.24) is 0 Å². The number of carbonyl (C=O) groups is 2. The summed E-state index contributed by atoms with van der Waals surface area (Å²) in [5.74, 6) is -2.17. The van der Waals surface area contributed by atoms with E-state index in [2.05, 4.69) is 0 Å². The molecule has 0 spiro atoms. The van der Waals surface area contributed by atoms with Crippen LogP contribution < -0.4 is 4.74 Å². The smallest absolute Gasteiger partial charge is 0.336 e. The second-order valence-electron chi connectivity index (χ2n) is 5.49. The van der Waals surface area contributed by atoms with Crippen LogP contribution in [0.3, 0.4) is 0 Å². The first kappa shape index (κ1) is 19.1. The fourth-order valence-corrected chi connectivity index (χ4v) is 3.08. The molecule has 0 aliphatic carbocycles. The fourth-order valence-electron chi connectivity index (χ4n) is 2.57. The van der Waals surface area contributed by atoms with Gasteiger partial charge in [0.2, 0.25) is 0 Å². The van der Waals surface area contributed by atoms with Gasteiger partial charge in [0.25, 0.3) is 0 Å². The normalized spacial score (nSPS) is 10.6. The van der Waals surface area contributed by atoms with E-state index in [9.17, 15) is 19.8 Å². The maximum absolute atomic E-state index is 11.5. The Hall–Kier alpha value is -2.24. The van der Waals surface area contributed by atoms with Gasteiger partial charge in [0, 0.05) is 22.0 Å². The van der Waals surface area contributed by atoms with Crippen molar-refractivity contribution in [3.63, 3.8) is 0 Å². The largest absolute Gasteiger partial charge is 0.493 e. The molecule has 0 fully saturated rings. The lowest BCUT2D eigenvalue weighted by Gasteiger charge is -2.15. The van der Waals surface area contributed by atoms with Crippen molar-refractivity contribution in [3.8, 4) is 5.75 Å². The summed E-state index contributed by atoms with van der Waals surface area (Å²) in [5.41, 5.74) is 1.26. The molecule has 0 atom stereocenters. The van der Waals surface area contributed by atoms with Crippen molar-refractivity contribution < 1.29 is 24.5 Å². The lowest BCUT2D eigenvalue weighted by molar-refractivity contribution is 0.0694. The number of carboxylic acid groups (broad SMARTS) is 2. The number of rotatable bonds is 6. The van der Waals surface area contributed by atoms with Gasteiger partial charge in [0.15, 0.2) is 0 Å². The van der Waals surface area contributed by atoms with Crippen molar-refractivity contribution in [2.75, 3.05) is 6.61 Å². The van der Waals surface area contributed by atoms with Gasteiger partial charge in [-0.2, -0.15) is 0 Å². The molecule has 0 saturated heterocycles. The molecule has 132 valence electrons. The molecule has 0 radical (unpaired) electrons. The first-order chi connectivity index (χ1) is 11.7.